The van der Waals surface area contributed by atoms with Gasteiger partial charge in [0.2, 0.25) is 8.32 Å². The summed E-state index contributed by atoms with van der Waals surface area (Å²) < 4.78 is 6.28. The van der Waals surface area contributed by atoms with E-state index in [0.717, 1.165) is 0 Å². The Morgan fingerprint density at radius 3 is 1.89 bits per heavy atom. The smallest absolute Gasteiger partial charge is 0.200 e. The van der Waals surface area contributed by atoms with Crippen LogP contribution in [0.3, 0.4) is 0 Å². The lowest BCUT2D eigenvalue weighted by Gasteiger charge is -2.41. The second-order valence-corrected chi connectivity index (χ2v) is 11.1. The van der Waals surface area contributed by atoms with Crippen molar-refractivity contribution in [3.8, 4) is 12.3 Å². The average molecular weight is 268 g/mol. The van der Waals surface area contributed by atoms with Crippen LogP contribution in [-0.4, -0.2) is 26.1 Å². The zero-order valence-corrected chi connectivity index (χ0v) is 13.6. The molecular weight excluding hydrogens is 240 g/mol. The van der Waals surface area contributed by atoms with E-state index >= 15 is 0 Å². The Hall–Kier alpha value is -0.563. The standard InChI is InChI=1S/C15H28O2Si/c1-8-15(16)10-9-11-17-18(12(2)3,13(4)5)14(6)7/h1,9-10,12-16H,11H2,2-7H3/b10-9+/t15-/m0/s1. The summed E-state index contributed by atoms with van der Waals surface area (Å²) in [5, 5.41) is 9.25. The van der Waals surface area contributed by atoms with Crippen LogP contribution >= 0.6 is 0 Å². The number of aliphatic hydroxyl groups excluding tert-OH is 1. The van der Waals surface area contributed by atoms with Crippen molar-refractivity contribution in [2.24, 2.45) is 0 Å². The highest BCUT2D eigenvalue weighted by molar-refractivity contribution is 6.77. The van der Waals surface area contributed by atoms with Gasteiger partial charge in [0.25, 0.3) is 0 Å². The first-order valence-electron chi connectivity index (χ1n) is 6.73. The number of aliphatic hydroxyl groups is 1. The molecule has 0 aliphatic carbocycles. The lowest BCUT2D eigenvalue weighted by molar-refractivity contribution is 0.276. The first kappa shape index (κ1) is 17.4. The van der Waals surface area contributed by atoms with Gasteiger partial charge in [-0.1, -0.05) is 53.5 Å². The summed E-state index contributed by atoms with van der Waals surface area (Å²) in [6, 6.07) is 0. The third-order valence-corrected chi connectivity index (χ3v) is 9.71. The van der Waals surface area contributed by atoms with Crippen molar-refractivity contribution in [3.63, 3.8) is 0 Å². The second-order valence-electron chi connectivity index (χ2n) is 5.67. The summed E-state index contributed by atoms with van der Waals surface area (Å²) >= 11 is 0. The fourth-order valence-electron chi connectivity index (χ4n) is 2.93. The molecule has 0 radical (unpaired) electrons. The van der Waals surface area contributed by atoms with Crippen LogP contribution in [-0.2, 0) is 4.43 Å². The molecule has 18 heavy (non-hydrogen) atoms. The van der Waals surface area contributed by atoms with Crippen LogP contribution in [0.1, 0.15) is 41.5 Å². The van der Waals surface area contributed by atoms with E-state index in [4.69, 9.17) is 10.8 Å². The Morgan fingerprint density at radius 2 is 1.56 bits per heavy atom. The van der Waals surface area contributed by atoms with Crippen LogP contribution in [0.4, 0.5) is 0 Å². The molecule has 104 valence electrons. The van der Waals surface area contributed by atoms with E-state index < -0.39 is 14.4 Å². The fourth-order valence-corrected chi connectivity index (χ4v) is 8.32. The van der Waals surface area contributed by atoms with Crippen molar-refractivity contribution in [1.82, 2.24) is 0 Å². The van der Waals surface area contributed by atoms with Crippen LogP contribution in [0.5, 0.6) is 0 Å². The highest BCUT2D eigenvalue weighted by atomic mass is 28.4. The van der Waals surface area contributed by atoms with Gasteiger partial charge in [-0.05, 0) is 22.7 Å². The predicted molar refractivity (Wildman–Crippen MR) is 81.0 cm³/mol. The summed E-state index contributed by atoms with van der Waals surface area (Å²) in [5.41, 5.74) is 1.72. The normalized spacial score (nSPS) is 14.7. The summed E-state index contributed by atoms with van der Waals surface area (Å²) in [6.07, 6.45) is 7.74. The molecule has 0 amide bonds. The lowest BCUT2D eigenvalue weighted by Crippen LogP contribution is -2.47. The predicted octanol–water partition coefficient (Wildman–Crippen LogP) is 3.73. The van der Waals surface area contributed by atoms with E-state index in [-0.39, 0.29) is 0 Å². The van der Waals surface area contributed by atoms with E-state index in [1.54, 1.807) is 6.08 Å². The van der Waals surface area contributed by atoms with Crippen molar-refractivity contribution >= 4 is 8.32 Å². The average Bonchev–Trinajstić information content (AvgIpc) is 2.27. The SMILES string of the molecule is C#C[C@H](O)/C=C/CO[Si](C(C)C)(C(C)C)C(C)C. The van der Waals surface area contributed by atoms with Gasteiger partial charge < -0.3 is 9.53 Å². The van der Waals surface area contributed by atoms with E-state index in [1.807, 2.05) is 6.08 Å². The van der Waals surface area contributed by atoms with Crippen LogP contribution in [0.15, 0.2) is 12.2 Å². The van der Waals surface area contributed by atoms with E-state index in [2.05, 4.69) is 47.5 Å². The molecule has 1 atom stereocenters. The first-order chi connectivity index (χ1) is 8.28. The molecule has 0 aromatic heterocycles. The molecule has 0 aliphatic rings. The van der Waals surface area contributed by atoms with Crippen molar-refractivity contribution in [1.29, 1.82) is 0 Å². The van der Waals surface area contributed by atoms with Crippen LogP contribution in [0.2, 0.25) is 16.6 Å². The number of rotatable bonds is 7. The lowest BCUT2D eigenvalue weighted by atomic mass is 10.3. The minimum Gasteiger partial charge on any atom is -0.412 e. The number of hydrogen-bond donors (Lipinski definition) is 1. The van der Waals surface area contributed by atoms with Gasteiger partial charge in [0, 0.05) is 0 Å². The molecule has 0 aromatic carbocycles. The molecule has 0 heterocycles. The highest BCUT2D eigenvalue weighted by Crippen LogP contribution is 2.42. The Kier molecular flexibility index (Phi) is 7.54. The Bertz CT molecular complexity index is 278. The third-order valence-electron chi connectivity index (χ3n) is 3.63. The van der Waals surface area contributed by atoms with Gasteiger partial charge in [-0.15, -0.1) is 6.42 Å². The fraction of sp³-hybridized carbons (Fsp3) is 0.733. The van der Waals surface area contributed by atoms with Crippen molar-refractivity contribution in [2.75, 3.05) is 6.61 Å². The molecular formula is C15H28O2Si. The molecule has 1 N–H and O–H groups in total. The summed E-state index contributed by atoms with van der Waals surface area (Å²) in [4.78, 5) is 0. The van der Waals surface area contributed by atoms with Crippen molar-refractivity contribution < 1.29 is 9.53 Å². The summed E-state index contributed by atoms with van der Waals surface area (Å²) in [6.45, 7) is 14.1. The second kappa shape index (κ2) is 7.78. The molecule has 0 bridgehead atoms. The Balaban J connectivity index is 4.73. The highest BCUT2D eigenvalue weighted by Gasteiger charge is 2.44. The Morgan fingerprint density at radius 1 is 1.11 bits per heavy atom. The maximum atomic E-state index is 9.25. The molecule has 0 aromatic rings. The largest absolute Gasteiger partial charge is 0.412 e. The van der Waals surface area contributed by atoms with E-state index in [9.17, 15) is 5.11 Å². The van der Waals surface area contributed by atoms with Crippen LogP contribution in [0, 0.1) is 12.3 Å². The first-order valence-corrected chi connectivity index (χ1v) is 8.87. The molecule has 0 spiro atoms. The Labute approximate surface area is 114 Å². The molecule has 2 nitrogen and oxygen atoms in total. The van der Waals surface area contributed by atoms with Gasteiger partial charge in [0.15, 0.2) is 0 Å². The van der Waals surface area contributed by atoms with Crippen LogP contribution in [0.25, 0.3) is 0 Å². The topological polar surface area (TPSA) is 29.5 Å². The zero-order valence-electron chi connectivity index (χ0n) is 12.6. The summed E-state index contributed by atoms with van der Waals surface area (Å²) in [5.74, 6) is 2.26. The monoisotopic (exact) mass is 268 g/mol. The van der Waals surface area contributed by atoms with Gasteiger partial charge in [-0.25, -0.2) is 0 Å². The molecule has 0 saturated carbocycles. The van der Waals surface area contributed by atoms with Crippen LogP contribution < -0.4 is 0 Å². The summed E-state index contributed by atoms with van der Waals surface area (Å²) in [7, 11) is -1.79. The molecule has 0 saturated heterocycles. The molecule has 0 aliphatic heterocycles. The quantitative estimate of drug-likeness (QED) is 0.433. The van der Waals surface area contributed by atoms with Gasteiger partial charge in [0.1, 0.15) is 6.10 Å². The number of hydrogen-bond acceptors (Lipinski definition) is 2. The van der Waals surface area contributed by atoms with Crippen molar-refractivity contribution in [3.05, 3.63) is 12.2 Å². The maximum absolute atomic E-state index is 9.25. The van der Waals surface area contributed by atoms with E-state index in [0.29, 0.717) is 23.2 Å². The van der Waals surface area contributed by atoms with Gasteiger partial charge >= 0.3 is 0 Å². The van der Waals surface area contributed by atoms with Crippen molar-refractivity contribution in [2.45, 2.75) is 64.3 Å². The maximum Gasteiger partial charge on any atom is 0.200 e. The zero-order chi connectivity index (χ0) is 14.3. The molecule has 3 heteroatoms. The third kappa shape index (κ3) is 4.27. The molecule has 0 unspecified atom stereocenters. The van der Waals surface area contributed by atoms with Gasteiger partial charge in [-0.3, -0.25) is 0 Å². The molecule has 0 rings (SSSR count). The minimum absolute atomic E-state index is 0.541. The molecule has 0 fully saturated rings. The van der Waals surface area contributed by atoms with Gasteiger partial charge in [0.05, 0.1) is 6.61 Å². The van der Waals surface area contributed by atoms with E-state index in [1.165, 1.54) is 0 Å². The van der Waals surface area contributed by atoms with Gasteiger partial charge in [-0.2, -0.15) is 0 Å². The number of terminal acetylenes is 1. The minimum atomic E-state index is -1.79.